The maximum absolute atomic E-state index is 12.7. The topological polar surface area (TPSA) is 48.0 Å². The Kier molecular flexibility index (Phi) is 8.58. The summed E-state index contributed by atoms with van der Waals surface area (Å²) in [4.78, 5) is 21.3. The number of aryl methyl sites for hydroxylation is 1. The van der Waals surface area contributed by atoms with Gasteiger partial charge in [0.1, 0.15) is 5.75 Å². The van der Waals surface area contributed by atoms with E-state index < -0.39 is 5.60 Å². The molecule has 2 aliphatic carbocycles. The second-order valence-electron chi connectivity index (χ2n) is 11.8. The molecule has 0 spiro atoms. The van der Waals surface area contributed by atoms with E-state index in [1.54, 1.807) is 5.57 Å². The second kappa shape index (κ2) is 11.2. The fraction of sp³-hybridized carbons (Fsp3) is 0.700. The molecule has 1 aromatic rings. The van der Waals surface area contributed by atoms with E-state index in [1.165, 1.54) is 39.2 Å². The number of fused-ring (bicyclic) bond motifs is 1. The van der Waals surface area contributed by atoms with Crippen LogP contribution in [0.3, 0.4) is 0 Å². The van der Waals surface area contributed by atoms with Crippen LogP contribution in [0.25, 0.3) is 0 Å². The van der Waals surface area contributed by atoms with Gasteiger partial charge in [-0.2, -0.15) is 5.06 Å². The molecule has 0 aromatic heterocycles. The van der Waals surface area contributed by atoms with Gasteiger partial charge < -0.3 is 9.47 Å². The maximum atomic E-state index is 12.7. The third-order valence-corrected chi connectivity index (χ3v) is 9.83. The highest BCUT2D eigenvalue weighted by Crippen LogP contribution is 2.60. The highest BCUT2D eigenvalue weighted by molar-refractivity contribution is 9.11. The molecule has 3 fully saturated rings. The summed E-state index contributed by atoms with van der Waals surface area (Å²) in [5.74, 6) is 2.50. The van der Waals surface area contributed by atoms with Gasteiger partial charge in [0.05, 0.1) is 13.7 Å². The Bertz CT molecular complexity index is 980. The van der Waals surface area contributed by atoms with E-state index in [0.29, 0.717) is 42.7 Å². The number of benzene rings is 1. The Morgan fingerprint density at radius 3 is 2.78 bits per heavy atom. The molecule has 0 radical (unpaired) electrons. The van der Waals surface area contributed by atoms with Crippen molar-refractivity contribution >= 4 is 21.9 Å². The van der Waals surface area contributed by atoms with Crippen molar-refractivity contribution in [2.75, 3.05) is 13.7 Å². The van der Waals surface area contributed by atoms with E-state index in [9.17, 15) is 4.79 Å². The lowest BCUT2D eigenvalue weighted by Gasteiger charge is -2.44. The molecule has 2 unspecified atom stereocenters. The molecule has 2 saturated carbocycles. The average molecular weight is 563 g/mol. The summed E-state index contributed by atoms with van der Waals surface area (Å²) < 4.78 is 10.9. The molecule has 36 heavy (non-hydrogen) atoms. The Balaban J connectivity index is 1.54. The molecule has 1 heterocycles. The number of methoxy groups -OCH3 is 1. The highest BCUT2D eigenvalue weighted by Gasteiger charge is 2.53. The molecule has 6 heteroatoms. The zero-order valence-electron chi connectivity index (χ0n) is 22.9. The summed E-state index contributed by atoms with van der Waals surface area (Å²) in [6.45, 7) is 12.2. The molecule has 1 aromatic carbocycles. The van der Waals surface area contributed by atoms with Crippen LogP contribution in [0.4, 0.5) is 0 Å². The fourth-order valence-electron chi connectivity index (χ4n) is 7.71. The molecule has 1 aliphatic heterocycles. The Morgan fingerprint density at radius 2 is 2.08 bits per heavy atom. The van der Waals surface area contributed by atoms with Gasteiger partial charge in [-0.1, -0.05) is 41.4 Å². The minimum absolute atomic E-state index is 0.151. The van der Waals surface area contributed by atoms with Crippen molar-refractivity contribution in [1.29, 1.82) is 0 Å². The number of carbonyl (C=O) groups is 1. The smallest absolute Gasteiger partial charge is 0.340 e. The molecule has 4 rings (SSSR count). The predicted molar refractivity (Wildman–Crippen MR) is 147 cm³/mol. The third-order valence-electron chi connectivity index (χ3n) is 9.24. The van der Waals surface area contributed by atoms with Gasteiger partial charge in [0, 0.05) is 19.0 Å². The molecule has 0 bridgehead atoms. The lowest BCUT2D eigenvalue weighted by Crippen LogP contribution is -2.38. The van der Waals surface area contributed by atoms with Gasteiger partial charge in [0.2, 0.25) is 0 Å². The third kappa shape index (κ3) is 5.42. The second-order valence-corrected chi connectivity index (χ2v) is 12.3. The van der Waals surface area contributed by atoms with Gasteiger partial charge in [0.15, 0.2) is 5.60 Å². The van der Waals surface area contributed by atoms with E-state index in [1.807, 2.05) is 13.8 Å². The number of ether oxygens (including phenoxy) is 2. The summed E-state index contributed by atoms with van der Waals surface area (Å²) in [6, 6.07) is 6.48. The lowest BCUT2D eigenvalue weighted by molar-refractivity contribution is -0.220. The monoisotopic (exact) mass is 561 g/mol. The fourth-order valence-corrected chi connectivity index (χ4v) is 8.25. The quantitative estimate of drug-likeness (QED) is 0.310. The first kappa shape index (κ1) is 27.7. The van der Waals surface area contributed by atoms with Crippen LogP contribution in [0, 0.1) is 30.1 Å². The highest BCUT2D eigenvalue weighted by atomic mass is 79.9. The van der Waals surface area contributed by atoms with Crippen LogP contribution in [-0.2, 0) is 20.9 Å². The van der Waals surface area contributed by atoms with Crippen molar-refractivity contribution < 1.29 is 19.1 Å². The summed E-state index contributed by atoms with van der Waals surface area (Å²) in [5, 5.41) is 2.05. The molecule has 200 valence electrons. The van der Waals surface area contributed by atoms with Crippen LogP contribution in [0.5, 0.6) is 5.75 Å². The van der Waals surface area contributed by atoms with Crippen molar-refractivity contribution in [2.45, 2.75) is 97.8 Å². The normalized spacial score (nSPS) is 34.5. The van der Waals surface area contributed by atoms with Crippen LogP contribution in [-0.4, -0.2) is 36.4 Å². The van der Waals surface area contributed by atoms with Gasteiger partial charge in [0.25, 0.3) is 0 Å². The number of rotatable bonds is 8. The van der Waals surface area contributed by atoms with E-state index in [2.05, 4.69) is 64.9 Å². The number of allylic oxidation sites excluding steroid dienone is 1. The number of esters is 1. The van der Waals surface area contributed by atoms with E-state index in [4.69, 9.17) is 14.3 Å². The number of halogens is 1. The van der Waals surface area contributed by atoms with Crippen molar-refractivity contribution in [2.24, 2.45) is 23.2 Å². The Morgan fingerprint density at radius 1 is 1.31 bits per heavy atom. The van der Waals surface area contributed by atoms with E-state index in [0.717, 1.165) is 23.3 Å². The first-order valence-corrected chi connectivity index (χ1v) is 14.6. The largest absolute Gasteiger partial charge is 0.494 e. The maximum Gasteiger partial charge on any atom is 0.340 e. The van der Waals surface area contributed by atoms with Crippen molar-refractivity contribution in [1.82, 2.24) is 5.06 Å². The molecule has 5 nitrogen and oxygen atoms in total. The van der Waals surface area contributed by atoms with Gasteiger partial charge >= 0.3 is 5.97 Å². The predicted octanol–water partition coefficient (Wildman–Crippen LogP) is 7.35. The van der Waals surface area contributed by atoms with Crippen LogP contribution >= 0.6 is 15.9 Å². The lowest BCUT2D eigenvalue weighted by atomic mass is 9.61. The molecule has 0 amide bonds. The number of carbonyl (C=O) groups excluding carboxylic acids is 1. The van der Waals surface area contributed by atoms with Crippen LogP contribution < -0.4 is 4.74 Å². The van der Waals surface area contributed by atoms with Crippen LogP contribution in [0.1, 0.15) is 83.8 Å². The molecule has 6 atom stereocenters. The zero-order chi connectivity index (χ0) is 26.1. The van der Waals surface area contributed by atoms with Gasteiger partial charge in [-0.05, 0) is 111 Å². The average Bonchev–Trinajstić information content (AvgIpc) is 3.35. The molecule has 3 aliphatic rings. The van der Waals surface area contributed by atoms with Crippen LogP contribution in [0.2, 0.25) is 0 Å². The van der Waals surface area contributed by atoms with Gasteiger partial charge in [-0.3, -0.25) is 4.84 Å². The first-order chi connectivity index (χ1) is 17.1. The van der Waals surface area contributed by atoms with Crippen molar-refractivity contribution in [3.8, 4) is 5.75 Å². The standard InChI is InChI=1S/C30H44BrNO4/c1-7-35-25-14-20(2)13-22(16-25)19-32-24(17-30(5,36-32)28(33)34-6)15-21(3)26-10-11-27-23(18-31)9-8-12-29(26,27)4/h13-14,16,18,21,24,26-27H,7-12,15,17,19H2,1-6H3/b23-18+/t21-,24?,26-,27+,29-,30?/m1/s1. The zero-order valence-corrected chi connectivity index (χ0v) is 24.5. The molecule has 0 N–H and O–H groups in total. The SMILES string of the molecule is CCOc1cc(C)cc(CN2OC(C)(C(=O)OC)CC2C[C@@H](C)[C@H]2CC[C@H]3/C(=C/Br)CCC[C@]23C)c1. The van der Waals surface area contributed by atoms with Gasteiger partial charge in [-0.25, -0.2) is 4.79 Å². The molecule has 1 saturated heterocycles. The van der Waals surface area contributed by atoms with Gasteiger partial charge in [-0.15, -0.1) is 0 Å². The minimum atomic E-state index is -0.954. The van der Waals surface area contributed by atoms with Crippen molar-refractivity contribution in [3.05, 3.63) is 39.9 Å². The number of nitrogens with zero attached hydrogens (tertiary/aromatic N) is 1. The number of hydrogen-bond donors (Lipinski definition) is 0. The van der Waals surface area contributed by atoms with Crippen molar-refractivity contribution in [3.63, 3.8) is 0 Å². The molecular formula is C30H44BrNO4. The Hall–Kier alpha value is -1.37. The Labute approximate surface area is 226 Å². The number of hydroxylamine groups is 2. The first-order valence-electron chi connectivity index (χ1n) is 13.7. The summed E-state index contributed by atoms with van der Waals surface area (Å²) in [6.07, 6.45) is 8.05. The van der Waals surface area contributed by atoms with Crippen LogP contribution in [0.15, 0.2) is 28.8 Å². The van der Waals surface area contributed by atoms with E-state index >= 15 is 0 Å². The summed E-state index contributed by atoms with van der Waals surface area (Å²) in [7, 11) is 1.45. The van der Waals surface area contributed by atoms with E-state index in [-0.39, 0.29) is 12.0 Å². The summed E-state index contributed by atoms with van der Waals surface area (Å²) >= 11 is 3.65. The summed E-state index contributed by atoms with van der Waals surface area (Å²) in [5.41, 5.74) is 3.30. The number of hydrogen-bond acceptors (Lipinski definition) is 5. The molecular weight excluding hydrogens is 518 g/mol. The minimum Gasteiger partial charge on any atom is -0.494 e.